The van der Waals surface area contributed by atoms with Gasteiger partial charge in [0, 0.05) is 0 Å². The number of ether oxygens (including phenoxy) is 2. The Morgan fingerprint density at radius 1 is 1.00 bits per heavy atom. The van der Waals surface area contributed by atoms with Crippen LogP contribution in [0.1, 0.15) is 13.8 Å². The maximum Gasteiger partial charge on any atom is 0.211 e. The standard InChI is InChI=1S/C11H20O4/c1-9(2)5-14-7-11(12,13)8-15-6-10(3)4/h12-13H,1,3,5-8H2,2,4H3. The topological polar surface area (TPSA) is 58.9 Å². The minimum absolute atomic E-state index is 0.198. The highest BCUT2D eigenvalue weighted by Gasteiger charge is 2.23. The minimum atomic E-state index is -1.95. The van der Waals surface area contributed by atoms with E-state index in [9.17, 15) is 10.2 Å². The van der Waals surface area contributed by atoms with E-state index in [0.29, 0.717) is 13.2 Å². The van der Waals surface area contributed by atoms with E-state index in [0.717, 1.165) is 11.1 Å². The van der Waals surface area contributed by atoms with E-state index in [2.05, 4.69) is 13.2 Å². The van der Waals surface area contributed by atoms with Gasteiger partial charge in [0.2, 0.25) is 5.79 Å². The molecule has 0 saturated heterocycles. The Labute approximate surface area is 90.8 Å². The maximum atomic E-state index is 9.39. The third kappa shape index (κ3) is 9.62. The monoisotopic (exact) mass is 216 g/mol. The summed E-state index contributed by atoms with van der Waals surface area (Å²) >= 11 is 0. The van der Waals surface area contributed by atoms with Gasteiger partial charge in [-0.15, -0.1) is 0 Å². The van der Waals surface area contributed by atoms with Crippen molar-refractivity contribution in [2.75, 3.05) is 26.4 Å². The smallest absolute Gasteiger partial charge is 0.211 e. The van der Waals surface area contributed by atoms with Gasteiger partial charge in [-0.3, -0.25) is 0 Å². The Bertz CT molecular complexity index is 199. The lowest BCUT2D eigenvalue weighted by atomic mass is 10.3. The van der Waals surface area contributed by atoms with Crippen LogP contribution >= 0.6 is 0 Å². The lowest BCUT2D eigenvalue weighted by molar-refractivity contribution is -0.223. The summed E-state index contributed by atoms with van der Waals surface area (Å²) in [7, 11) is 0. The van der Waals surface area contributed by atoms with E-state index >= 15 is 0 Å². The van der Waals surface area contributed by atoms with Crippen molar-refractivity contribution in [3.8, 4) is 0 Å². The molecule has 0 aromatic rings. The quantitative estimate of drug-likeness (QED) is 0.466. The molecule has 88 valence electrons. The number of hydrogen-bond acceptors (Lipinski definition) is 4. The zero-order chi connectivity index (χ0) is 11.9. The van der Waals surface area contributed by atoms with Gasteiger partial charge >= 0.3 is 0 Å². The molecule has 0 aliphatic rings. The first-order valence-electron chi connectivity index (χ1n) is 4.72. The summed E-state index contributed by atoms with van der Waals surface area (Å²) in [5, 5.41) is 18.8. The second-order valence-corrected chi connectivity index (χ2v) is 3.88. The Kier molecular flexibility index (Phi) is 6.43. The summed E-state index contributed by atoms with van der Waals surface area (Å²) in [5.41, 5.74) is 1.65. The predicted octanol–water partition coefficient (Wildman–Crippen LogP) is 0.853. The highest BCUT2D eigenvalue weighted by molar-refractivity contribution is 4.88. The Morgan fingerprint density at radius 3 is 1.60 bits per heavy atom. The summed E-state index contributed by atoms with van der Waals surface area (Å²) < 4.78 is 10.0. The van der Waals surface area contributed by atoms with Crippen LogP contribution in [0.25, 0.3) is 0 Å². The Hall–Kier alpha value is -0.680. The lowest BCUT2D eigenvalue weighted by Crippen LogP contribution is -2.39. The van der Waals surface area contributed by atoms with Crippen molar-refractivity contribution in [3.05, 3.63) is 24.3 Å². The van der Waals surface area contributed by atoms with Crippen molar-refractivity contribution in [1.82, 2.24) is 0 Å². The van der Waals surface area contributed by atoms with Gasteiger partial charge in [-0.25, -0.2) is 0 Å². The molecule has 0 amide bonds. The maximum absolute atomic E-state index is 9.39. The molecule has 4 nitrogen and oxygen atoms in total. The van der Waals surface area contributed by atoms with E-state index in [-0.39, 0.29) is 13.2 Å². The zero-order valence-corrected chi connectivity index (χ0v) is 9.45. The van der Waals surface area contributed by atoms with Crippen LogP contribution in [0, 0.1) is 0 Å². The number of aliphatic hydroxyl groups is 2. The molecule has 4 heteroatoms. The lowest BCUT2D eigenvalue weighted by Gasteiger charge is -2.21. The second kappa shape index (κ2) is 6.74. The van der Waals surface area contributed by atoms with Crippen LogP contribution in [0.2, 0.25) is 0 Å². The molecule has 0 spiro atoms. The Morgan fingerprint density at radius 2 is 1.33 bits per heavy atom. The highest BCUT2D eigenvalue weighted by Crippen LogP contribution is 2.03. The molecule has 2 N–H and O–H groups in total. The fourth-order valence-corrected chi connectivity index (χ4v) is 0.819. The van der Waals surface area contributed by atoms with Crippen LogP contribution in [0.5, 0.6) is 0 Å². The first-order valence-corrected chi connectivity index (χ1v) is 4.72. The third-order valence-electron chi connectivity index (χ3n) is 1.36. The van der Waals surface area contributed by atoms with E-state index in [1.807, 2.05) is 0 Å². The molecule has 0 atom stereocenters. The normalized spacial score (nSPS) is 11.5. The van der Waals surface area contributed by atoms with Crippen LogP contribution in [-0.4, -0.2) is 42.4 Å². The van der Waals surface area contributed by atoms with E-state index in [1.54, 1.807) is 13.8 Å². The largest absolute Gasteiger partial charge is 0.371 e. The van der Waals surface area contributed by atoms with Crippen molar-refractivity contribution in [3.63, 3.8) is 0 Å². The molecular formula is C11H20O4. The molecule has 0 fully saturated rings. The van der Waals surface area contributed by atoms with Gasteiger partial charge in [0.05, 0.1) is 13.2 Å². The summed E-state index contributed by atoms with van der Waals surface area (Å²) in [5.74, 6) is -1.95. The molecule has 15 heavy (non-hydrogen) atoms. The summed E-state index contributed by atoms with van der Waals surface area (Å²) in [4.78, 5) is 0. The Balaban J connectivity index is 3.66. The zero-order valence-electron chi connectivity index (χ0n) is 9.45. The molecule has 0 aromatic heterocycles. The molecule has 0 unspecified atom stereocenters. The van der Waals surface area contributed by atoms with E-state index in [4.69, 9.17) is 9.47 Å². The van der Waals surface area contributed by atoms with Crippen LogP contribution in [0.3, 0.4) is 0 Å². The predicted molar refractivity (Wildman–Crippen MR) is 58.4 cm³/mol. The molecular weight excluding hydrogens is 196 g/mol. The van der Waals surface area contributed by atoms with E-state index < -0.39 is 5.79 Å². The van der Waals surface area contributed by atoms with Crippen LogP contribution in [0.4, 0.5) is 0 Å². The summed E-state index contributed by atoms with van der Waals surface area (Å²) in [6.07, 6.45) is 0. The van der Waals surface area contributed by atoms with Crippen molar-refractivity contribution in [2.24, 2.45) is 0 Å². The summed E-state index contributed by atoms with van der Waals surface area (Å²) in [6.45, 7) is 11.1. The minimum Gasteiger partial charge on any atom is -0.371 e. The first kappa shape index (κ1) is 14.3. The molecule has 0 aliphatic heterocycles. The average Bonchev–Trinajstić information content (AvgIpc) is 2.01. The van der Waals surface area contributed by atoms with Crippen LogP contribution < -0.4 is 0 Å². The SMILES string of the molecule is C=C(C)COCC(O)(O)COCC(=C)C. The molecule has 0 aliphatic carbocycles. The van der Waals surface area contributed by atoms with Crippen molar-refractivity contribution in [1.29, 1.82) is 0 Å². The molecule has 0 bridgehead atoms. The van der Waals surface area contributed by atoms with Crippen molar-refractivity contribution >= 4 is 0 Å². The van der Waals surface area contributed by atoms with Crippen molar-refractivity contribution < 1.29 is 19.7 Å². The second-order valence-electron chi connectivity index (χ2n) is 3.88. The van der Waals surface area contributed by atoms with Crippen LogP contribution in [-0.2, 0) is 9.47 Å². The molecule has 0 saturated carbocycles. The number of hydrogen-bond donors (Lipinski definition) is 2. The molecule has 0 radical (unpaired) electrons. The van der Waals surface area contributed by atoms with Gasteiger partial charge in [0.1, 0.15) is 13.2 Å². The molecule has 0 heterocycles. The number of rotatable bonds is 8. The van der Waals surface area contributed by atoms with Gasteiger partial charge in [0.25, 0.3) is 0 Å². The van der Waals surface area contributed by atoms with Gasteiger partial charge in [-0.2, -0.15) is 0 Å². The molecule has 0 rings (SSSR count). The summed E-state index contributed by atoms with van der Waals surface area (Å²) in [6, 6.07) is 0. The van der Waals surface area contributed by atoms with Gasteiger partial charge in [0.15, 0.2) is 0 Å². The van der Waals surface area contributed by atoms with Gasteiger partial charge in [-0.05, 0) is 13.8 Å². The van der Waals surface area contributed by atoms with Crippen molar-refractivity contribution in [2.45, 2.75) is 19.6 Å². The average molecular weight is 216 g/mol. The molecule has 0 aromatic carbocycles. The highest BCUT2D eigenvalue weighted by atomic mass is 16.6. The van der Waals surface area contributed by atoms with E-state index in [1.165, 1.54) is 0 Å². The van der Waals surface area contributed by atoms with Gasteiger partial charge < -0.3 is 19.7 Å². The van der Waals surface area contributed by atoms with Crippen LogP contribution in [0.15, 0.2) is 24.3 Å². The fraction of sp³-hybridized carbons (Fsp3) is 0.636. The third-order valence-corrected chi connectivity index (χ3v) is 1.36. The van der Waals surface area contributed by atoms with Gasteiger partial charge in [-0.1, -0.05) is 24.3 Å². The first-order chi connectivity index (χ1) is 6.83. The fourth-order valence-electron chi connectivity index (χ4n) is 0.819.